The minimum atomic E-state index is -0.209. The maximum absolute atomic E-state index is 11.1. The summed E-state index contributed by atoms with van der Waals surface area (Å²) in [6.07, 6.45) is 3.66. The van der Waals surface area contributed by atoms with Crippen LogP contribution >= 0.6 is 15.9 Å². The van der Waals surface area contributed by atoms with E-state index in [1.54, 1.807) is 0 Å². The summed E-state index contributed by atoms with van der Waals surface area (Å²) in [7, 11) is 3.43. The molecule has 0 fully saturated rings. The second kappa shape index (κ2) is 8.24. The van der Waals surface area contributed by atoms with Crippen LogP contribution in [0.5, 0.6) is 0 Å². The second-order valence-corrected chi connectivity index (χ2v) is 4.57. The van der Waals surface area contributed by atoms with Crippen molar-refractivity contribution in [3.05, 3.63) is 0 Å². The molecular weight excluding hydrogens is 246 g/mol. The van der Waals surface area contributed by atoms with E-state index in [0.717, 1.165) is 6.54 Å². The van der Waals surface area contributed by atoms with E-state index in [4.69, 9.17) is 0 Å². The molecule has 0 saturated heterocycles. The molecule has 14 heavy (non-hydrogen) atoms. The maximum Gasteiger partial charge on any atom is 0.320 e. The van der Waals surface area contributed by atoms with Crippen LogP contribution in [0.2, 0.25) is 0 Å². The molecule has 0 aromatic heterocycles. The van der Waals surface area contributed by atoms with E-state index >= 15 is 0 Å². The zero-order valence-electron chi connectivity index (χ0n) is 9.25. The number of hydrogen-bond acceptors (Lipinski definition) is 3. The Kier molecular flexibility index (Phi) is 8.18. The fraction of sp³-hybridized carbons (Fsp3) is 0.900. The number of ether oxygens (including phenoxy) is 1. The standard InChI is InChI=1S/C10H20BrNO2/c1-4-5-6-7-12(2)8-9(11)10(13)14-3/h9H,4-8H2,1-3H3. The summed E-state index contributed by atoms with van der Waals surface area (Å²) in [6.45, 7) is 3.92. The third-order valence-electron chi connectivity index (χ3n) is 2.07. The molecule has 0 aromatic rings. The van der Waals surface area contributed by atoms with Crippen molar-refractivity contribution in [1.82, 2.24) is 4.90 Å². The third kappa shape index (κ3) is 6.38. The highest BCUT2D eigenvalue weighted by Gasteiger charge is 2.16. The van der Waals surface area contributed by atoms with E-state index in [0.29, 0.717) is 6.54 Å². The van der Waals surface area contributed by atoms with Gasteiger partial charge in [0.05, 0.1) is 7.11 Å². The first-order valence-electron chi connectivity index (χ1n) is 5.02. The Bertz CT molecular complexity index is 164. The van der Waals surface area contributed by atoms with Crippen molar-refractivity contribution < 1.29 is 9.53 Å². The molecular formula is C10H20BrNO2. The number of alkyl halides is 1. The van der Waals surface area contributed by atoms with Crippen LogP contribution in [0.4, 0.5) is 0 Å². The van der Waals surface area contributed by atoms with Gasteiger partial charge >= 0.3 is 5.97 Å². The second-order valence-electron chi connectivity index (χ2n) is 3.46. The van der Waals surface area contributed by atoms with Crippen molar-refractivity contribution in [1.29, 1.82) is 0 Å². The van der Waals surface area contributed by atoms with Crippen molar-refractivity contribution in [2.75, 3.05) is 27.2 Å². The van der Waals surface area contributed by atoms with Crippen LogP contribution in [0.25, 0.3) is 0 Å². The van der Waals surface area contributed by atoms with Gasteiger partial charge in [-0.3, -0.25) is 4.79 Å². The fourth-order valence-corrected chi connectivity index (χ4v) is 1.88. The van der Waals surface area contributed by atoms with E-state index in [-0.39, 0.29) is 10.8 Å². The van der Waals surface area contributed by atoms with Crippen LogP contribution in [-0.2, 0) is 9.53 Å². The van der Waals surface area contributed by atoms with Gasteiger partial charge in [0.1, 0.15) is 4.83 Å². The molecule has 3 nitrogen and oxygen atoms in total. The Morgan fingerprint density at radius 1 is 1.50 bits per heavy atom. The number of carbonyl (C=O) groups excluding carboxylic acids is 1. The highest BCUT2D eigenvalue weighted by atomic mass is 79.9. The Balaban J connectivity index is 3.59. The molecule has 0 rings (SSSR count). The molecule has 0 heterocycles. The molecule has 0 amide bonds. The Morgan fingerprint density at radius 3 is 2.64 bits per heavy atom. The summed E-state index contributed by atoms with van der Waals surface area (Å²) in [6, 6.07) is 0. The lowest BCUT2D eigenvalue weighted by Crippen LogP contribution is -2.32. The SMILES string of the molecule is CCCCCN(C)CC(Br)C(=O)OC. The summed E-state index contributed by atoms with van der Waals surface area (Å²) >= 11 is 3.30. The van der Waals surface area contributed by atoms with E-state index in [9.17, 15) is 4.79 Å². The first-order chi connectivity index (χ1) is 6.61. The lowest BCUT2D eigenvalue weighted by Gasteiger charge is -2.18. The quantitative estimate of drug-likeness (QED) is 0.401. The van der Waals surface area contributed by atoms with Crippen LogP contribution in [0.3, 0.4) is 0 Å². The number of nitrogens with zero attached hydrogens (tertiary/aromatic N) is 1. The molecule has 84 valence electrons. The molecule has 1 unspecified atom stereocenters. The molecule has 0 aliphatic rings. The van der Waals surface area contributed by atoms with Gasteiger partial charge in [0.15, 0.2) is 0 Å². The summed E-state index contributed by atoms with van der Waals surface area (Å²) in [5, 5.41) is 0. The third-order valence-corrected chi connectivity index (χ3v) is 2.74. The number of methoxy groups -OCH3 is 1. The van der Waals surface area contributed by atoms with Crippen molar-refractivity contribution >= 4 is 21.9 Å². The molecule has 0 aromatic carbocycles. The molecule has 1 atom stereocenters. The van der Waals surface area contributed by atoms with Crippen LogP contribution < -0.4 is 0 Å². The van der Waals surface area contributed by atoms with Gasteiger partial charge < -0.3 is 9.64 Å². The zero-order chi connectivity index (χ0) is 11.0. The van der Waals surface area contributed by atoms with E-state index in [1.165, 1.54) is 26.4 Å². The minimum absolute atomic E-state index is 0.202. The van der Waals surface area contributed by atoms with Crippen LogP contribution in [0.15, 0.2) is 0 Å². The van der Waals surface area contributed by atoms with Gasteiger partial charge in [-0.2, -0.15) is 0 Å². The van der Waals surface area contributed by atoms with Gasteiger partial charge in [-0.25, -0.2) is 0 Å². The van der Waals surface area contributed by atoms with Gasteiger partial charge in [-0.05, 0) is 20.0 Å². The lowest BCUT2D eigenvalue weighted by molar-refractivity contribution is -0.140. The number of esters is 1. The van der Waals surface area contributed by atoms with Gasteiger partial charge in [-0.15, -0.1) is 0 Å². The van der Waals surface area contributed by atoms with Crippen LogP contribution in [0.1, 0.15) is 26.2 Å². The fourth-order valence-electron chi connectivity index (χ4n) is 1.20. The smallest absolute Gasteiger partial charge is 0.320 e. The summed E-state index contributed by atoms with van der Waals surface area (Å²) < 4.78 is 4.63. The average molecular weight is 266 g/mol. The zero-order valence-corrected chi connectivity index (χ0v) is 10.8. The highest BCUT2D eigenvalue weighted by Crippen LogP contribution is 2.05. The summed E-state index contributed by atoms with van der Waals surface area (Å²) in [4.78, 5) is 13.0. The largest absolute Gasteiger partial charge is 0.468 e. The number of carbonyl (C=O) groups is 1. The van der Waals surface area contributed by atoms with Crippen molar-refractivity contribution in [2.45, 2.75) is 31.0 Å². The van der Waals surface area contributed by atoms with E-state index in [2.05, 4.69) is 32.5 Å². The molecule has 0 N–H and O–H groups in total. The molecule has 0 bridgehead atoms. The van der Waals surface area contributed by atoms with Crippen LogP contribution in [-0.4, -0.2) is 42.9 Å². The normalized spacial score (nSPS) is 12.9. The average Bonchev–Trinajstić information content (AvgIpc) is 2.16. The molecule has 4 heteroatoms. The van der Waals surface area contributed by atoms with E-state index in [1.807, 2.05) is 7.05 Å². The molecule has 0 aliphatic heterocycles. The van der Waals surface area contributed by atoms with Gasteiger partial charge in [-0.1, -0.05) is 35.7 Å². The monoisotopic (exact) mass is 265 g/mol. The van der Waals surface area contributed by atoms with E-state index < -0.39 is 0 Å². The predicted octanol–water partition coefficient (Wildman–Crippen LogP) is 2.04. The molecule has 0 radical (unpaired) electrons. The first-order valence-corrected chi connectivity index (χ1v) is 5.93. The van der Waals surface area contributed by atoms with Crippen molar-refractivity contribution in [3.63, 3.8) is 0 Å². The van der Waals surface area contributed by atoms with Crippen LogP contribution in [0, 0.1) is 0 Å². The predicted molar refractivity (Wildman–Crippen MR) is 61.8 cm³/mol. The minimum Gasteiger partial charge on any atom is -0.468 e. The maximum atomic E-state index is 11.1. The molecule has 0 saturated carbocycles. The Hall–Kier alpha value is -0.0900. The van der Waals surface area contributed by atoms with Gasteiger partial charge in [0.25, 0.3) is 0 Å². The van der Waals surface area contributed by atoms with Gasteiger partial charge in [0.2, 0.25) is 0 Å². The van der Waals surface area contributed by atoms with Crippen molar-refractivity contribution in [3.8, 4) is 0 Å². The molecule has 0 aliphatic carbocycles. The number of hydrogen-bond donors (Lipinski definition) is 0. The lowest BCUT2D eigenvalue weighted by atomic mass is 10.2. The number of halogens is 1. The summed E-state index contributed by atoms with van der Waals surface area (Å²) in [5.41, 5.74) is 0. The van der Waals surface area contributed by atoms with Gasteiger partial charge in [0, 0.05) is 6.54 Å². The number of rotatable bonds is 7. The van der Waals surface area contributed by atoms with Crippen molar-refractivity contribution in [2.24, 2.45) is 0 Å². The Morgan fingerprint density at radius 2 is 2.14 bits per heavy atom. The first kappa shape index (κ1) is 13.9. The highest BCUT2D eigenvalue weighted by molar-refractivity contribution is 9.10. The topological polar surface area (TPSA) is 29.5 Å². The molecule has 0 spiro atoms. The Labute approximate surface area is 94.9 Å². The number of unbranched alkanes of at least 4 members (excludes halogenated alkanes) is 2. The summed E-state index contributed by atoms with van der Waals surface area (Å²) in [5.74, 6) is -0.202.